The number of hydrogen-bond donors (Lipinski definition) is 1. The Balaban J connectivity index is 2.48. The van der Waals surface area contributed by atoms with Crippen LogP contribution in [0.4, 0.5) is 5.82 Å². The van der Waals surface area contributed by atoms with Gasteiger partial charge in [-0.05, 0) is 18.2 Å². The predicted octanol–water partition coefficient (Wildman–Crippen LogP) is 2.39. The number of nitrogens with zero attached hydrogens (tertiary/aromatic N) is 2. The summed E-state index contributed by atoms with van der Waals surface area (Å²) in [6.45, 7) is 0. The van der Waals surface area contributed by atoms with Gasteiger partial charge in [-0.25, -0.2) is 9.97 Å². The molecule has 2 rings (SSSR count). The van der Waals surface area contributed by atoms with Gasteiger partial charge in [-0.15, -0.1) is 0 Å². The van der Waals surface area contributed by atoms with Crippen molar-refractivity contribution in [3.63, 3.8) is 0 Å². The van der Waals surface area contributed by atoms with Gasteiger partial charge in [-0.2, -0.15) is 0 Å². The third-order valence-corrected chi connectivity index (χ3v) is 2.45. The summed E-state index contributed by atoms with van der Waals surface area (Å²) in [4.78, 5) is 7.94. The van der Waals surface area contributed by atoms with Crippen LogP contribution in [0.1, 0.15) is 0 Å². The topological polar surface area (TPSA) is 61.0 Å². The van der Waals surface area contributed by atoms with Crippen molar-refractivity contribution >= 4 is 17.4 Å². The van der Waals surface area contributed by atoms with Gasteiger partial charge in [0.05, 0.1) is 17.8 Å². The predicted molar refractivity (Wildman–Crippen MR) is 63.4 cm³/mol. The van der Waals surface area contributed by atoms with Crippen LogP contribution in [0.2, 0.25) is 5.02 Å². The lowest BCUT2D eigenvalue weighted by molar-refractivity contribution is 0.415. The Morgan fingerprint density at radius 1 is 1.25 bits per heavy atom. The Hall–Kier alpha value is -1.81. The van der Waals surface area contributed by atoms with Crippen LogP contribution in [-0.2, 0) is 0 Å². The van der Waals surface area contributed by atoms with E-state index in [1.807, 2.05) is 12.1 Å². The summed E-state index contributed by atoms with van der Waals surface area (Å²) in [5, 5.41) is 0.567. The number of ether oxygens (including phenoxy) is 1. The largest absolute Gasteiger partial charge is 0.497 e. The second-order valence-corrected chi connectivity index (χ2v) is 3.58. The summed E-state index contributed by atoms with van der Waals surface area (Å²) in [7, 11) is 1.59. The average molecular weight is 236 g/mol. The van der Waals surface area contributed by atoms with E-state index >= 15 is 0 Å². The monoisotopic (exact) mass is 235 g/mol. The Kier molecular flexibility index (Phi) is 2.92. The molecule has 2 aromatic rings. The molecule has 0 unspecified atom stereocenters. The van der Waals surface area contributed by atoms with Crippen molar-refractivity contribution in [2.24, 2.45) is 0 Å². The molecule has 16 heavy (non-hydrogen) atoms. The zero-order valence-corrected chi connectivity index (χ0v) is 9.40. The van der Waals surface area contributed by atoms with E-state index in [2.05, 4.69) is 9.97 Å². The molecule has 0 saturated heterocycles. The minimum atomic E-state index is 0.414. The van der Waals surface area contributed by atoms with Gasteiger partial charge in [0.2, 0.25) is 0 Å². The Morgan fingerprint density at radius 2 is 2.06 bits per heavy atom. The number of anilines is 1. The molecule has 0 saturated carbocycles. The molecule has 0 radical (unpaired) electrons. The number of methoxy groups -OCH3 is 1. The van der Waals surface area contributed by atoms with Crippen LogP contribution in [0.5, 0.6) is 5.75 Å². The lowest BCUT2D eigenvalue weighted by atomic mass is 10.1. The molecule has 0 aliphatic carbocycles. The van der Waals surface area contributed by atoms with Crippen molar-refractivity contribution in [2.75, 3.05) is 12.8 Å². The average Bonchev–Trinajstić information content (AvgIpc) is 2.28. The van der Waals surface area contributed by atoms with Crippen molar-refractivity contribution < 1.29 is 4.74 Å². The molecule has 1 aromatic heterocycles. The Labute approximate surface area is 98.0 Å². The minimum Gasteiger partial charge on any atom is -0.497 e. The van der Waals surface area contributed by atoms with Crippen LogP contribution < -0.4 is 10.5 Å². The van der Waals surface area contributed by atoms with Gasteiger partial charge in [0.1, 0.15) is 17.9 Å². The molecule has 0 bridgehead atoms. The van der Waals surface area contributed by atoms with Crippen molar-refractivity contribution in [3.8, 4) is 17.0 Å². The number of halogens is 1. The lowest BCUT2D eigenvalue weighted by Gasteiger charge is -2.06. The van der Waals surface area contributed by atoms with E-state index in [4.69, 9.17) is 22.1 Å². The first-order chi connectivity index (χ1) is 7.70. The molecule has 0 amide bonds. The molecule has 0 atom stereocenters. The van der Waals surface area contributed by atoms with Gasteiger partial charge in [-0.3, -0.25) is 0 Å². The van der Waals surface area contributed by atoms with Crippen molar-refractivity contribution in [1.29, 1.82) is 0 Å². The van der Waals surface area contributed by atoms with Crippen LogP contribution >= 0.6 is 11.6 Å². The van der Waals surface area contributed by atoms with E-state index in [0.29, 0.717) is 22.3 Å². The molecule has 5 heteroatoms. The quantitative estimate of drug-likeness (QED) is 0.868. The van der Waals surface area contributed by atoms with Gasteiger partial charge in [-0.1, -0.05) is 11.6 Å². The number of nitrogens with two attached hydrogens (primary N) is 1. The fourth-order valence-corrected chi connectivity index (χ4v) is 1.62. The second kappa shape index (κ2) is 4.37. The van der Waals surface area contributed by atoms with Crippen LogP contribution in [0.3, 0.4) is 0 Å². The highest BCUT2D eigenvalue weighted by Gasteiger charge is 2.06. The summed E-state index contributed by atoms with van der Waals surface area (Å²) in [6, 6.07) is 7.06. The standard InChI is InChI=1S/C11H10ClN3O/c1-16-7-2-3-8(9(12)4-7)10-5-11(13)15-6-14-10/h2-6H,1H3,(H2,13,14,15). The van der Waals surface area contributed by atoms with Crippen molar-refractivity contribution in [1.82, 2.24) is 9.97 Å². The maximum absolute atomic E-state index is 6.11. The Morgan fingerprint density at radius 3 is 2.69 bits per heavy atom. The highest BCUT2D eigenvalue weighted by atomic mass is 35.5. The van der Waals surface area contributed by atoms with E-state index in [1.54, 1.807) is 19.2 Å². The lowest BCUT2D eigenvalue weighted by Crippen LogP contribution is -1.93. The summed E-state index contributed by atoms with van der Waals surface area (Å²) < 4.78 is 5.07. The van der Waals surface area contributed by atoms with E-state index in [0.717, 1.165) is 5.56 Å². The highest BCUT2D eigenvalue weighted by molar-refractivity contribution is 6.33. The first-order valence-corrected chi connectivity index (χ1v) is 5.00. The van der Waals surface area contributed by atoms with Crippen molar-refractivity contribution in [2.45, 2.75) is 0 Å². The molecule has 82 valence electrons. The third-order valence-electron chi connectivity index (χ3n) is 2.14. The molecule has 0 spiro atoms. The van der Waals surface area contributed by atoms with Crippen LogP contribution in [0.25, 0.3) is 11.3 Å². The maximum atomic E-state index is 6.11. The normalized spacial score (nSPS) is 10.1. The van der Waals surface area contributed by atoms with E-state index in [9.17, 15) is 0 Å². The van der Waals surface area contributed by atoms with Gasteiger partial charge >= 0.3 is 0 Å². The number of nitrogen functional groups attached to an aromatic ring is 1. The summed E-state index contributed by atoms with van der Waals surface area (Å²) >= 11 is 6.11. The molecule has 1 aromatic carbocycles. The van der Waals surface area contributed by atoms with E-state index in [-0.39, 0.29) is 0 Å². The zero-order valence-electron chi connectivity index (χ0n) is 8.64. The molecular weight excluding hydrogens is 226 g/mol. The second-order valence-electron chi connectivity index (χ2n) is 3.17. The Bertz CT molecular complexity index is 516. The third kappa shape index (κ3) is 2.06. The smallest absolute Gasteiger partial charge is 0.127 e. The highest BCUT2D eigenvalue weighted by Crippen LogP contribution is 2.30. The van der Waals surface area contributed by atoms with Crippen LogP contribution in [0, 0.1) is 0 Å². The number of benzene rings is 1. The SMILES string of the molecule is COc1ccc(-c2cc(N)ncn2)c(Cl)c1. The summed E-state index contributed by atoms with van der Waals surface area (Å²) in [5.41, 5.74) is 7.08. The van der Waals surface area contributed by atoms with Gasteiger partial charge in [0.15, 0.2) is 0 Å². The number of rotatable bonds is 2. The number of aromatic nitrogens is 2. The molecule has 2 N–H and O–H groups in total. The molecule has 4 nitrogen and oxygen atoms in total. The number of hydrogen-bond acceptors (Lipinski definition) is 4. The zero-order chi connectivity index (χ0) is 11.5. The van der Waals surface area contributed by atoms with Gasteiger partial charge in [0.25, 0.3) is 0 Å². The fraction of sp³-hybridized carbons (Fsp3) is 0.0909. The maximum Gasteiger partial charge on any atom is 0.127 e. The first-order valence-electron chi connectivity index (χ1n) is 4.62. The van der Waals surface area contributed by atoms with E-state index < -0.39 is 0 Å². The molecule has 0 aliphatic heterocycles. The first kappa shape index (κ1) is 10.7. The summed E-state index contributed by atoms with van der Waals surface area (Å²) in [6.07, 6.45) is 1.41. The fourth-order valence-electron chi connectivity index (χ4n) is 1.35. The minimum absolute atomic E-state index is 0.414. The van der Waals surface area contributed by atoms with Gasteiger partial charge < -0.3 is 10.5 Å². The van der Waals surface area contributed by atoms with Gasteiger partial charge in [0, 0.05) is 11.6 Å². The molecular formula is C11H10ClN3O. The molecule has 0 fully saturated rings. The van der Waals surface area contributed by atoms with Crippen molar-refractivity contribution in [3.05, 3.63) is 35.6 Å². The van der Waals surface area contributed by atoms with E-state index in [1.165, 1.54) is 6.33 Å². The summed E-state index contributed by atoms with van der Waals surface area (Å²) in [5.74, 6) is 1.12. The molecule has 1 heterocycles. The molecule has 0 aliphatic rings. The van der Waals surface area contributed by atoms with Crippen LogP contribution in [0.15, 0.2) is 30.6 Å². The van der Waals surface area contributed by atoms with Crippen LogP contribution in [-0.4, -0.2) is 17.1 Å².